The van der Waals surface area contributed by atoms with Crippen molar-refractivity contribution in [2.75, 3.05) is 0 Å². The molecule has 15 heavy (non-hydrogen) atoms. The summed E-state index contributed by atoms with van der Waals surface area (Å²) in [7, 11) is 0. The first-order valence-electron chi connectivity index (χ1n) is 4.51. The van der Waals surface area contributed by atoms with E-state index in [4.69, 9.17) is 5.26 Å². The van der Waals surface area contributed by atoms with Crippen molar-refractivity contribution in [3.8, 4) is 6.07 Å². The molecule has 70 valence electrons. The van der Waals surface area contributed by atoms with Crippen LogP contribution in [-0.4, -0.2) is 14.6 Å². The van der Waals surface area contributed by atoms with Crippen molar-refractivity contribution in [1.82, 2.24) is 14.6 Å². The highest BCUT2D eigenvalue weighted by molar-refractivity contribution is 5.99. The van der Waals surface area contributed by atoms with Crippen LogP contribution in [0.2, 0.25) is 0 Å². The van der Waals surface area contributed by atoms with Gasteiger partial charge in [0.2, 0.25) is 0 Å². The molecular formula is C11H6N4. The zero-order chi connectivity index (χ0) is 10.3. The molecule has 0 radical (unpaired) electrons. The standard InChI is InChI=1S/C11H6N4/c12-5-11-9-7-14-13-6-8(9)10-3-1-2-4-15(10)11/h1-4,6-7H. The van der Waals surface area contributed by atoms with Crippen molar-refractivity contribution >= 4 is 16.3 Å². The minimum Gasteiger partial charge on any atom is -0.307 e. The summed E-state index contributed by atoms with van der Waals surface area (Å²) in [5.74, 6) is 0. The molecule has 0 N–H and O–H groups in total. The fraction of sp³-hybridized carbons (Fsp3) is 0. The number of hydrogen-bond donors (Lipinski definition) is 0. The van der Waals surface area contributed by atoms with E-state index in [2.05, 4.69) is 16.3 Å². The van der Waals surface area contributed by atoms with Gasteiger partial charge in [-0.3, -0.25) is 0 Å². The lowest BCUT2D eigenvalue weighted by Crippen LogP contribution is -1.85. The molecule has 0 saturated carbocycles. The summed E-state index contributed by atoms with van der Waals surface area (Å²) in [5.41, 5.74) is 1.59. The third kappa shape index (κ3) is 0.945. The molecule has 3 aromatic heterocycles. The fourth-order valence-electron chi connectivity index (χ4n) is 1.82. The maximum absolute atomic E-state index is 9.10. The quantitative estimate of drug-likeness (QED) is 0.547. The maximum Gasteiger partial charge on any atom is 0.134 e. The summed E-state index contributed by atoms with van der Waals surface area (Å²) in [4.78, 5) is 0. The number of nitrogens with zero attached hydrogens (tertiary/aromatic N) is 4. The Kier molecular flexibility index (Phi) is 1.48. The molecule has 0 saturated heterocycles. The van der Waals surface area contributed by atoms with Crippen molar-refractivity contribution in [3.63, 3.8) is 0 Å². The van der Waals surface area contributed by atoms with Gasteiger partial charge in [0.25, 0.3) is 0 Å². The molecule has 0 amide bonds. The van der Waals surface area contributed by atoms with Crippen LogP contribution < -0.4 is 0 Å². The van der Waals surface area contributed by atoms with E-state index in [1.54, 1.807) is 12.4 Å². The second kappa shape index (κ2) is 2.79. The Morgan fingerprint density at radius 1 is 1.13 bits per heavy atom. The number of hydrogen-bond acceptors (Lipinski definition) is 3. The Morgan fingerprint density at radius 3 is 2.73 bits per heavy atom. The lowest BCUT2D eigenvalue weighted by molar-refractivity contribution is 1.05. The molecule has 4 nitrogen and oxygen atoms in total. The molecule has 3 aromatic rings. The first-order valence-corrected chi connectivity index (χ1v) is 4.51. The molecular weight excluding hydrogens is 188 g/mol. The van der Waals surface area contributed by atoms with Crippen molar-refractivity contribution in [2.45, 2.75) is 0 Å². The van der Waals surface area contributed by atoms with Crippen LogP contribution in [-0.2, 0) is 0 Å². The fourth-order valence-corrected chi connectivity index (χ4v) is 1.82. The van der Waals surface area contributed by atoms with Crippen LogP contribution in [0.15, 0.2) is 36.8 Å². The molecule has 3 rings (SSSR count). The summed E-state index contributed by atoms with van der Waals surface area (Å²) in [6.07, 6.45) is 5.18. The van der Waals surface area contributed by atoms with Gasteiger partial charge in [0, 0.05) is 17.0 Å². The molecule has 0 aliphatic rings. The van der Waals surface area contributed by atoms with Crippen LogP contribution in [0.4, 0.5) is 0 Å². The summed E-state index contributed by atoms with van der Waals surface area (Å²) >= 11 is 0. The number of fused-ring (bicyclic) bond motifs is 3. The molecule has 0 aliphatic heterocycles. The van der Waals surface area contributed by atoms with Crippen LogP contribution >= 0.6 is 0 Å². The van der Waals surface area contributed by atoms with Crippen molar-refractivity contribution in [1.29, 1.82) is 5.26 Å². The van der Waals surface area contributed by atoms with E-state index in [0.717, 1.165) is 16.3 Å². The van der Waals surface area contributed by atoms with Gasteiger partial charge in [-0.1, -0.05) is 6.07 Å². The number of aromatic nitrogens is 3. The molecule has 0 aromatic carbocycles. The molecule has 3 heterocycles. The minimum atomic E-state index is 0.607. The van der Waals surface area contributed by atoms with Gasteiger partial charge in [0.1, 0.15) is 11.8 Å². The third-order valence-electron chi connectivity index (χ3n) is 2.47. The summed E-state index contributed by atoms with van der Waals surface area (Å²) < 4.78 is 1.86. The first kappa shape index (κ1) is 7.94. The number of rotatable bonds is 0. The predicted octanol–water partition coefficient (Wildman–Crippen LogP) is 1.75. The highest BCUT2D eigenvalue weighted by Crippen LogP contribution is 2.24. The van der Waals surface area contributed by atoms with Gasteiger partial charge < -0.3 is 4.40 Å². The average molecular weight is 194 g/mol. The Balaban J connectivity index is 2.70. The highest BCUT2D eigenvalue weighted by Gasteiger charge is 2.10. The van der Waals surface area contributed by atoms with Gasteiger partial charge in [0.15, 0.2) is 0 Å². The van der Waals surface area contributed by atoms with Crippen LogP contribution in [0.1, 0.15) is 5.69 Å². The molecule has 0 atom stereocenters. The molecule has 0 bridgehead atoms. The van der Waals surface area contributed by atoms with Crippen LogP contribution in [0.5, 0.6) is 0 Å². The highest BCUT2D eigenvalue weighted by atomic mass is 15.1. The van der Waals surface area contributed by atoms with Crippen molar-refractivity contribution < 1.29 is 0 Å². The van der Waals surface area contributed by atoms with Crippen LogP contribution in [0.3, 0.4) is 0 Å². The largest absolute Gasteiger partial charge is 0.307 e. The van der Waals surface area contributed by atoms with E-state index in [1.165, 1.54) is 0 Å². The van der Waals surface area contributed by atoms with Crippen LogP contribution in [0, 0.1) is 11.3 Å². The Bertz CT molecular complexity index is 637. The normalized spacial score (nSPS) is 10.6. The van der Waals surface area contributed by atoms with E-state index in [-0.39, 0.29) is 0 Å². The summed E-state index contributed by atoms with van der Waals surface area (Å²) in [6, 6.07) is 7.99. The maximum atomic E-state index is 9.10. The molecule has 0 unspecified atom stereocenters. The Hall–Kier alpha value is -2.41. The molecule has 0 aliphatic carbocycles. The average Bonchev–Trinajstić information content (AvgIpc) is 2.63. The summed E-state index contributed by atoms with van der Waals surface area (Å²) in [5, 5.41) is 18.6. The van der Waals surface area contributed by atoms with E-state index >= 15 is 0 Å². The predicted molar refractivity (Wildman–Crippen MR) is 55.2 cm³/mol. The first-order chi connectivity index (χ1) is 7.42. The van der Waals surface area contributed by atoms with Gasteiger partial charge in [-0.25, -0.2) is 0 Å². The lowest BCUT2D eigenvalue weighted by atomic mass is 10.2. The molecule has 0 fully saturated rings. The van der Waals surface area contributed by atoms with Crippen molar-refractivity contribution in [3.05, 3.63) is 42.5 Å². The van der Waals surface area contributed by atoms with E-state index in [0.29, 0.717) is 5.69 Å². The second-order valence-corrected chi connectivity index (χ2v) is 3.23. The van der Waals surface area contributed by atoms with Gasteiger partial charge in [-0.05, 0) is 12.1 Å². The van der Waals surface area contributed by atoms with E-state index in [1.807, 2.05) is 28.8 Å². The second-order valence-electron chi connectivity index (χ2n) is 3.23. The zero-order valence-electron chi connectivity index (χ0n) is 7.75. The summed E-state index contributed by atoms with van der Waals surface area (Å²) in [6.45, 7) is 0. The van der Waals surface area contributed by atoms with Gasteiger partial charge in [-0.15, -0.1) is 0 Å². The Labute approximate surface area is 85.4 Å². The number of pyridine rings is 1. The van der Waals surface area contributed by atoms with Gasteiger partial charge in [0.05, 0.1) is 17.9 Å². The topological polar surface area (TPSA) is 54.0 Å². The molecule has 4 heteroatoms. The van der Waals surface area contributed by atoms with Crippen molar-refractivity contribution in [2.24, 2.45) is 0 Å². The molecule has 0 spiro atoms. The smallest absolute Gasteiger partial charge is 0.134 e. The third-order valence-corrected chi connectivity index (χ3v) is 2.47. The number of nitriles is 1. The van der Waals surface area contributed by atoms with Gasteiger partial charge in [-0.2, -0.15) is 15.5 Å². The minimum absolute atomic E-state index is 0.607. The zero-order valence-corrected chi connectivity index (χ0v) is 7.75. The van der Waals surface area contributed by atoms with E-state index in [9.17, 15) is 0 Å². The SMILES string of the molecule is N#Cc1c2cnncc2c2ccccn12. The Morgan fingerprint density at radius 2 is 1.93 bits per heavy atom. The van der Waals surface area contributed by atoms with Crippen LogP contribution in [0.25, 0.3) is 16.3 Å². The van der Waals surface area contributed by atoms with E-state index < -0.39 is 0 Å². The lowest BCUT2D eigenvalue weighted by Gasteiger charge is -1.92. The van der Waals surface area contributed by atoms with Gasteiger partial charge >= 0.3 is 0 Å². The monoisotopic (exact) mass is 194 g/mol.